The minimum absolute atomic E-state index is 0.101. The monoisotopic (exact) mass is 301 g/mol. The van der Waals surface area contributed by atoms with Crippen LogP contribution in [0.5, 0.6) is 0 Å². The van der Waals surface area contributed by atoms with Crippen LogP contribution in [0.1, 0.15) is 63.9 Å². The lowest BCUT2D eigenvalue weighted by Crippen LogP contribution is -2.33. The topological polar surface area (TPSA) is 57.8 Å². The van der Waals surface area contributed by atoms with Crippen LogP contribution < -0.4 is 5.32 Å². The number of rotatable bonds is 7. The number of hydrogen-bond donors (Lipinski definition) is 2. The van der Waals surface area contributed by atoms with Crippen molar-refractivity contribution in [3.63, 3.8) is 0 Å². The number of aromatic nitrogens is 2. The summed E-state index contributed by atoms with van der Waals surface area (Å²) in [5.41, 5.74) is 3.17. The van der Waals surface area contributed by atoms with Crippen LogP contribution in [-0.4, -0.2) is 15.9 Å². The lowest BCUT2D eigenvalue weighted by molar-refractivity contribution is -0.126. The fourth-order valence-corrected chi connectivity index (χ4v) is 2.72. The molecular formula is C18H27N3O. The van der Waals surface area contributed by atoms with Gasteiger partial charge in [-0.05, 0) is 44.4 Å². The molecule has 0 fully saturated rings. The van der Waals surface area contributed by atoms with Gasteiger partial charge in [-0.15, -0.1) is 0 Å². The number of imidazole rings is 1. The van der Waals surface area contributed by atoms with E-state index < -0.39 is 0 Å². The molecule has 2 rings (SSSR count). The second-order valence-electron chi connectivity index (χ2n) is 6.12. The molecule has 0 saturated carbocycles. The SMILES string of the molecule is CCCCC(CC)C(=O)NC(C)c1nc2ccc(C)cc2[nH]1. The van der Waals surface area contributed by atoms with E-state index in [1.54, 1.807) is 0 Å². The molecule has 4 heteroatoms. The predicted octanol–water partition coefficient (Wildman–Crippen LogP) is 4.26. The Hall–Kier alpha value is -1.84. The van der Waals surface area contributed by atoms with E-state index in [2.05, 4.69) is 42.1 Å². The number of nitrogens with zero attached hydrogens (tertiary/aromatic N) is 1. The maximum absolute atomic E-state index is 12.4. The lowest BCUT2D eigenvalue weighted by atomic mass is 9.98. The quantitative estimate of drug-likeness (QED) is 0.802. The van der Waals surface area contributed by atoms with Gasteiger partial charge in [0.05, 0.1) is 17.1 Å². The van der Waals surface area contributed by atoms with Crippen molar-refractivity contribution in [3.8, 4) is 0 Å². The second kappa shape index (κ2) is 7.43. The van der Waals surface area contributed by atoms with Crippen LogP contribution in [-0.2, 0) is 4.79 Å². The van der Waals surface area contributed by atoms with Gasteiger partial charge in [-0.3, -0.25) is 4.79 Å². The average Bonchev–Trinajstić information content (AvgIpc) is 2.91. The number of aromatic amines is 1. The van der Waals surface area contributed by atoms with Crippen LogP contribution in [0.25, 0.3) is 11.0 Å². The number of hydrogen-bond acceptors (Lipinski definition) is 2. The smallest absolute Gasteiger partial charge is 0.223 e. The van der Waals surface area contributed by atoms with E-state index in [1.807, 2.05) is 19.1 Å². The highest BCUT2D eigenvalue weighted by Crippen LogP contribution is 2.19. The van der Waals surface area contributed by atoms with Crippen molar-refractivity contribution in [2.24, 2.45) is 5.92 Å². The summed E-state index contributed by atoms with van der Waals surface area (Å²) in [6.07, 6.45) is 4.08. The largest absolute Gasteiger partial charge is 0.346 e. The van der Waals surface area contributed by atoms with Crippen molar-refractivity contribution in [3.05, 3.63) is 29.6 Å². The van der Waals surface area contributed by atoms with Crippen LogP contribution in [0, 0.1) is 12.8 Å². The van der Waals surface area contributed by atoms with Gasteiger partial charge in [0.15, 0.2) is 0 Å². The summed E-state index contributed by atoms with van der Waals surface area (Å²) in [7, 11) is 0. The molecule has 120 valence electrons. The fraction of sp³-hybridized carbons (Fsp3) is 0.556. The summed E-state index contributed by atoms with van der Waals surface area (Å²) in [5.74, 6) is 1.06. The van der Waals surface area contributed by atoms with Crippen molar-refractivity contribution in [2.45, 2.75) is 59.4 Å². The number of carbonyl (C=O) groups excluding carboxylic acids is 1. The van der Waals surface area contributed by atoms with Crippen molar-refractivity contribution in [2.75, 3.05) is 0 Å². The van der Waals surface area contributed by atoms with Gasteiger partial charge in [-0.25, -0.2) is 4.98 Å². The first-order valence-electron chi connectivity index (χ1n) is 8.31. The molecule has 22 heavy (non-hydrogen) atoms. The average molecular weight is 301 g/mol. The van der Waals surface area contributed by atoms with Gasteiger partial charge in [-0.2, -0.15) is 0 Å². The van der Waals surface area contributed by atoms with Crippen molar-refractivity contribution < 1.29 is 4.79 Å². The highest BCUT2D eigenvalue weighted by atomic mass is 16.1. The summed E-state index contributed by atoms with van der Waals surface area (Å²) in [6, 6.07) is 6.04. The molecule has 0 saturated heterocycles. The Morgan fingerprint density at radius 1 is 1.36 bits per heavy atom. The maximum Gasteiger partial charge on any atom is 0.223 e. The van der Waals surface area contributed by atoms with E-state index in [4.69, 9.17) is 0 Å². The van der Waals surface area contributed by atoms with Crippen LogP contribution in [0.15, 0.2) is 18.2 Å². The Morgan fingerprint density at radius 2 is 2.14 bits per heavy atom. The van der Waals surface area contributed by atoms with Gasteiger partial charge in [0.1, 0.15) is 5.82 Å². The highest BCUT2D eigenvalue weighted by Gasteiger charge is 2.19. The molecule has 0 aliphatic carbocycles. The Balaban J connectivity index is 2.06. The van der Waals surface area contributed by atoms with Gasteiger partial charge < -0.3 is 10.3 Å². The predicted molar refractivity (Wildman–Crippen MR) is 90.7 cm³/mol. The third-order valence-corrected chi connectivity index (χ3v) is 4.19. The molecule has 1 aromatic heterocycles. The summed E-state index contributed by atoms with van der Waals surface area (Å²) in [6.45, 7) is 8.28. The van der Waals surface area contributed by atoms with E-state index in [-0.39, 0.29) is 17.9 Å². The number of carbonyl (C=O) groups is 1. The number of unbranched alkanes of at least 4 members (excludes halogenated alkanes) is 1. The number of aryl methyl sites for hydroxylation is 1. The fourth-order valence-electron chi connectivity index (χ4n) is 2.72. The van der Waals surface area contributed by atoms with Crippen LogP contribution in [0.4, 0.5) is 0 Å². The molecule has 2 unspecified atom stereocenters. The minimum atomic E-state index is -0.101. The third kappa shape index (κ3) is 3.87. The van der Waals surface area contributed by atoms with E-state index in [0.29, 0.717) is 0 Å². The number of benzene rings is 1. The molecule has 1 aromatic carbocycles. The number of nitrogens with one attached hydrogen (secondary N) is 2. The van der Waals surface area contributed by atoms with Crippen molar-refractivity contribution >= 4 is 16.9 Å². The van der Waals surface area contributed by atoms with Crippen LogP contribution in [0.2, 0.25) is 0 Å². The zero-order chi connectivity index (χ0) is 16.1. The molecule has 0 aliphatic rings. The van der Waals surface area contributed by atoms with E-state index in [1.165, 1.54) is 5.56 Å². The minimum Gasteiger partial charge on any atom is -0.346 e. The van der Waals surface area contributed by atoms with Crippen molar-refractivity contribution in [1.29, 1.82) is 0 Å². The van der Waals surface area contributed by atoms with Gasteiger partial charge in [0, 0.05) is 5.92 Å². The van der Waals surface area contributed by atoms with Crippen LogP contribution >= 0.6 is 0 Å². The first kappa shape index (κ1) is 16.5. The molecule has 0 radical (unpaired) electrons. The molecule has 4 nitrogen and oxygen atoms in total. The van der Waals surface area contributed by atoms with E-state index in [0.717, 1.165) is 42.5 Å². The van der Waals surface area contributed by atoms with Crippen molar-refractivity contribution in [1.82, 2.24) is 15.3 Å². The summed E-state index contributed by atoms with van der Waals surface area (Å²) in [4.78, 5) is 20.3. The second-order valence-corrected chi connectivity index (χ2v) is 6.12. The van der Waals surface area contributed by atoms with E-state index in [9.17, 15) is 4.79 Å². The van der Waals surface area contributed by atoms with Gasteiger partial charge in [0.25, 0.3) is 0 Å². The summed E-state index contributed by atoms with van der Waals surface area (Å²) < 4.78 is 0. The maximum atomic E-state index is 12.4. The molecule has 2 atom stereocenters. The zero-order valence-electron chi connectivity index (χ0n) is 14.1. The zero-order valence-corrected chi connectivity index (χ0v) is 14.1. The molecule has 1 amide bonds. The molecule has 0 aliphatic heterocycles. The molecule has 0 spiro atoms. The molecule has 0 bridgehead atoms. The molecule has 2 aromatic rings. The summed E-state index contributed by atoms with van der Waals surface area (Å²) >= 11 is 0. The Kier molecular flexibility index (Phi) is 5.58. The Labute approximate surface area is 132 Å². The third-order valence-electron chi connectivity index (χ3n) is 4.19. The lowest BCUT2D eigenvalue weighted by Gasteiger charge is -2.17. The Bertz CT molecular complexity index is 632. The van der Waals surface area contributed by atoms with Crippen LogP contribution in [0.3, 0.4) is 0 Å². The standard InChI is InChI=1S/C18H27N3O/c1-5-7-8-14(6-2)18(22)19-13(4)17-20-15-10-9-12(3)11-16(15)21-17/h9-11,13-14H,5-8H2,1-4H3,(H,19,22)(H,20,21). The van der Waals surface area contributed by atoms with Gasteiger partial charge in [0.2, 0.25) is 5.91 Å². The first-order valence-corrected chi connectivity index (χ1v) is 8.31. The summed E-state index contributed by atoms with van der Waals surface area (Å²) in [5, 5.41) is 3.10. The highest BCUT2D eigenvalue weighted by molar-refractivity contribution is 5.79. The normalized spacial score (nSPS) is 14.0. The molecule has 2 N–H and O–H groups in total. The Morgan fingerprint density at radius 3 is 2.82 bits per heavy atom. The molecular weight excluding hydrogens is 274 g/mol. The first-order chi connectivity index (χ1) is 10.5. The molecule has 1 heterocycles. The van der Waals surface area contributed by atoms with Gasteiger partial charge >= 0.3 is 0 Å². The number of amides is 1. The number of fused-ring (bicyclic) bond motifs is 1. The number of H-pyrrole nitrogens is 1. The van der Waals surface area contributed by atoms with Gasteiger partial charge in [-0.1, -0.05) is 32.8 Å². The van der Waals surface area contributed by atoms with E-state index >= 15 is 0 Å².